The van der Waals surface area contributed by atoms with Crippen LogP contribution in [0.5, 0.6) is 0 Å². The second kappa shape index (κ2) is 8.20. The topological polar surface area (TPSA) is 62.7 Å². The van der Waals surface area contributed by atoms with Gasteiger partial charge in [0.2, 0.25) is 0 Å². The van der Waals surface area contributed by atoms with Crippen LogP contribution in [0.2, 0.25) is 0 Å². The zero-order chi connectivity index (χ0) is 20.2. The predicted molar refractivity (Wildman–Crippen MR) is 112 cm³/mol. The first-order valence-electron chi connectivity index (χ1n) is 8.97. The normalized spacial score (nSPS) is 10.7. The van der Waals surface area contributed by atoms with E-state index in [1.165, 1.54) is 12.1 Å². The van der Waals surface area contributed by atoms with Crippen molar-refractivity contribution in [1.29, 1.82) is 0 Å². The molecule has 0 saturated heterocycles. The Hall–Kier alpha value is -3.58. The van der Waals surface area contributed by atoms with Gasteiger partial charge in [0.05, 0.1) is 16.9 Å². The summed E-state index contributed by atoms with van der Waals surface area (Å²) in [6, 6.07) is 19.2. The lowest BCUT2D eigenvalue weighted by Crippen LogP contribution is -2.23. The third-order valence-electron chi connectivity index (χ3n) is 4.43. The molecule has 5 nitrogen and oxygen atoms in total. The van der Waals surface area contributed by atoms with Crippen molar-refractivity contribution in [3.8, 4) is 16.9 Å². The first-order valence-corrected chi connectivity index (χ1v) is 9.38. The van der Waals surface area contributed by atoms with Crippen LogP contribution in [0.15, 0.2) is 79.1 Å². The van der Waals surface area contributed by atoms with Gasteiger partial charge in [-0.3, -0.25) is 4.79 Å². The molecule has 0 atom stereocenters. The van der Waals surface area contributed by atoms with Gasteiger partial charge in [0.25, 0.3) is 5.91 Å². The molecule has 2 aromatic heterocycles. The Labute approximate surface area is 171 Å². The molecule has 29 heavy (non-hydrogen) atoms. The number of para-hydroxylation sites is 1. The number of benzene rings is 2. The number of pyridine rings is 1. The number of H-pyrrole nitrogens is 1. The van der Waals surface area contributed by atoms with Gasteiger partial charge in [0.1, 0.15) is 10.5 Å². The van der Waals surface area contributed by atoms with E-state index in [0.717, 1.165) is 16.8 Å². The van der Waals surface area contributed by atoms with Crippen LogP contribution in [0.3, 0.4) is 0 Å². The number of carbonyl (C=O) groups is 1. The maximum Gasteiger partial charge on any atom is 0.254 e. The van der Waals surface area contributed by atoms with Gasteiger partial charge in [-0.2, -0.15) is 5.10 Å². The van der Waals surface area contributed by atoms with Crippen LogP contribution in [-0.2, 0) is 6.54 Å². The van der Waals surface area contributed by atoms with Crippen LogP contribution in [0.1, 0.15) is 15.9 Å². The molecular formula is C22H17FN4OS. The molecule has 2 aromatic carbocycles. The third kappa shape index (κ3) is 4.14. The first-order chi connectivity index (χ1) is 14.1. The highest BCUT2D eigenvalue weighted by Gasteiger charge is 2.14. The summed E-state index contributed by atoms with van der Waals surface area (Å²) in [7, 11) is 0. The summed E-state index contributed by atoms with van der Waals surface area (Å²) >= 11 is 5.17. The number of carbonyl (C=O) groups excluding carboxylic acids is 1. The molecule has 4 rings (SSSR count). The molecule has 0 fully saturated rings. The van der Waals surface area contributed by atoms with Crippen LogP contribution in [-0.4, -0.2) is 20.7 Å². The van der Waals surface area contributed by atoms with Gasteiger partial charge < -0.3 is 10.3 Å². The number of halogens is 1. The average molecular weight is 404 g/mol. The molecule has 0 spiro atoms. The van der Waals surface area contributed by atoms with Crippen molar-refractivity contribution in [2.75, 3.05) is 0 Å². The standard InChI is InChI=1S/C22H17FN4OS/c23-17-10-8-15(9-11-17)20-16(14-27(26-20)18-5-2-1-3-6-18)13-25-21(28)19-7-4-12-24-22(19)29/h1-12,14H,13H2,(H,24,29)(H,25,28). The van der Waals surface area contributed by atoms with E-state index >= 15 is 0 Å². The highest BCUT2D eigenvalue weighted by Crippen LogP contribution is 2.24. The van der Waals surface area contributed by atoms with Crippen LogP contribution in [0.25, 0.3) is 16.9 Å². The van der Waals surface area contributed by atoms with Crippen molar-refractivity contribution >= 4 is 18.1 Å². The molecule has 0 aliphatic carbocycles. The fourth-order valence-corrected chi connectivity index (χ4v) is 3.20. The van der Waals surface area contributed by atoms with Crippen LogP contribution in [0, 0.1) is 10.5 Å². The van der Waals surface area contributed by atoms with E-state index < -0.39 is 0 Å². The van der Waals surface area contributed by atoms with E-state index in [1.54, 1.807) is 35.1 Å². The summed E-state index contributed by atoms with van der Waals surface area (Å²) < 4.78 is 15.5. The summed E-state index contributed by atoms with van der Waals surface area (Å²) in [6.07, 6.45) is 3.54. The summed E-state index contributed by atoms with van der Waals surface area (Å²) in [4.78, 5) is 15.4. The van der Waals surface area contributed by atoms with Crippen molar-refractivity contribution in [2.24, 2.45) is 0 Å². The molecule has 2 N–H and O–H groups in total. The van der Waals surface area contributed by atoms with Crippen molar-refractivity contribution in [3.05, 3.63) is 101 Å². The smallest absolute Gasteiger partial charge is 0.254 e. The van der Waals surface area contributed by atoms with E-state index in [1.807, 2.05) is 36.5 Å². The molecule has 0 radical (unpaired) electrons. The minimum Gasteiger partial charge on any atom is -0.352 e. The summed E-state index contributed by atoms with van der Waals surface area (Å²) in [6.45, 7) is 0.252. The van der Waals surface area contributed by atoms with Gasteiger partial charge in [-0.1, -0.05) is 30.4 Å². The van der Waals surface area contributed by atoms with Crippen molar-refractivity contribution in [3.63, 3.8) is 0 Å². The van der Waals surface area contributed by atoms with E-state index in [9.17, 15) is 9.18 Å². The number of hydrogen-bond donors (Lipinski definition) is 2. The van der Waals surface area contributed by atoms with E-state index in [4.69, 9.17) is 12.2 Å². The van der Waals surface area contributed by atoms with Gasteiger partial charge in [0, 0.05) is 30.1 Å². The van der Waals surface area contributed by atoms with Gasteiger partial charge in [-0.25, -0.2) is 9.07 Å². The van der Waals surface area contributed by atoms with Gasteiger partial charge in [-0.15, -0.1) is 0 Å². The molecule has 7 heteroatoms. The largest absolute Gasteiger partial charge is 0.352 e. The molecule has 0 bridgehead atoms. The molecular weight excluding hydrogens is 387 g/mol. The second-order valence-corrected chi connectivity index (χ2v) is 6.79. The lowest BCUT2D eigenvalue weighted by Gasteiger charge is -2.06. The third-order valence-corrected chi connectivity index (χ3v) is 4.77. The average Bonchev–Trinajstić information content (AvgIpc) is 3.18. The molecule has 0 saturated carbocycles. The predicted octanol–water partition coefficient (Wildman–Crippen LogP) is 4.67. The Balaban J connectivity index is 1.66. The highest BCUT2D eigenvalue weighted by atomic mass is 32.1. The Morgan fingerprint density at radius 3 is 2.55 bits per heavy atom. The number of nitrogens with zero attached hydrogens (tertiary/aromatic N) is 2. The Bertz CT molecular complexity index is 1200. The first kappa shape index (κ1) is 18.8. The van der Waals surface area contributed by atoms with Crippen LogP contribution in [0.4, 0.5) is 4.39 Å². The quantitative estimate of drug-likeness (QED) is 0.475. The number of aromatic nitrogens is 3. The number of nitrogens with one attached hydrogen (secondary N) is 2. The van der Waals surface area contributed by atoms with E-state index in [0.29, 0.717) is 15.9 Å². The zero-order valence-electron chi connectivity index (χ0n) is 15.3. The van der Waals surface area contributed by atoms with Crippen molar-refractivity contribution in [2.45, 2.75) is 6.54 Å². The number of rotatable bonds is 5. The van der Waals surface area contributed by atoms with Gasteiger partial charge >= 0.3 is 0 Å². The monoisotopic (exact) mass is 404 g/mol. The number of amides is 1. The number of aromatic amines is 1. The Morgan fingerprint density at radius 1 is 1.07 bits per heavy atom. The van der Waals surface area contributed by atoms with E-state index in [-0.39, 0.29) is 18.3 Å². The molecule has 2 heterocycles. The summed E-state index contributed by atoms with van der Waals surface area (Å²) in [5.74, 6) is -0.589. The Kier molecular flexibility index (Phi) is 5.31. The zero-order valence-corrected chi connectivity index (χ0v) is 16.1. The highest BCUT2D eigenvalue weighted by molar-refractivity contribution is 7.71. The molecule has 0 aliphatic rings. The fourth-order valence-electron chi connectivity index (χ4n) is 2.97. The lowest BCUT2D eigenvalue weighted by molar-refractivity contribution is 0.0950. The maximum absolute atomic E-state index is 13.4. The fraction of sp³-hybridized carbons (Fsp3) is 0.0455. The minimum absolute atomic E-state index is 0.252. The minimum atomic E-state index is -0.315. The van der Waals surface area contributed by atoms with Gasteiger partial charge in [0.15, 0.2) is 0 Å². The number of hydrogen-bond acceptors (Lipinski definition) is 3. The lowest BCUT2D eigenvalue weighted by atomic mass is 10.1. The molecule has 1 amide bonds. The van der Waals surface area contributed by atoms with Crippen molar-refractivity contribution in [1.82, 2.24) is 20.1 Å². The molecule has 0 unspecified atom stereocenters. The molecule has 0 aliphatic heterocycles. The summed E-state index contributed by atoms with van der Waals surface area (Å²) in [5, 5.41) is 7.55. The van der Waals surface area contributed by atoms with E-state index in [2.05, 4.69) is 15.4 Å². The van der Waals surface area contributed by atoms with Crippen LogP contribution < -0.4 is 5.32 Å². The van der Waals surface area contributed by atoms with Crippen molar-refractivity contribution < 1.29 is 9.18 Å². The second-order valence-electron chi connectivity index (χ2n) is 6.39. The Morgan fingerprint density at radius 2 is 1.83 bits per heavy atom. The SMILES string of the molecule is O=C(NCc1cn(-c2ccccc2)nc1-c1ccc(F)cc1)c1ccc[nH]c1=S. The van der Waals surface area contributed by atoms with Gasteiger partial charge in [-0.05, 0) is 48.5 Å². The molecule has 144 valence electrons. The maximum atomic E-state index is 13.4. The van der Waals surface area contributed by atoms with Crippen LogP contribution >= 0.6 is 12.2 Å². The summed E-state index contributed by atoms with van der Waals surface area (Å²) in [5.41, 5.74) is 3.54. The molecule has 4 aromatic rings.